The Kier molecular flexibility index (Phi) is 4.06. The number of nitrogens with zero attached hydrogens (tertiary/aromatic N) is 2. The minimum absolute atomic E-state index is 0.340. The van der Waals surface area contributed by atoms with Gasteiger partial charge in [0.1, 0.15) is 6.61 Å². The molecule has 1 aliphatic rings. The number of aliphatic hydroxyl groups is 1. The zero-order valence-corrected chi connectivity index (χ0v) is 13.2. The van der Waals surface area contributed by atoms with Crippen LogP contribution in [-0.4, -0.2) is 40.5 Å². The SMILES string of the molecule is CC(=O)OCC1(O)N(C(=O)c2ccc(C)cc2)N=CC1(C)C. The molecule has 1 aromatic rings. The Morgan fingerprint density at radius 1 is 1.27 bits per heavy atom. The number of hydrazone groups is 1. The molecule has 0 bridgehead atoms. The molecule has 1 aromatic carbocycles. The lowest BCUT2D eigenvalue weighted by molar-refractivity contribution is -0.178. The van der Waals surface area contributed by atoms with Crippen LogP contribution < -0.4 is 0 Å². The molecule has 2 rings (SSSR count). The topological polar surface area (TPSA) is 79.2 Å². The molecule has 1 atom stereocenters. The molecule has 1 aliphatic heterocycles. The number of amides is 1. The molecule has 0 spiro atoms. The molecule has 118 valence electrons. The molecule has 0 saturated carbocycles. The van der Waals surface area contributed by atoms with E-state index in [-0.39, 0.29) is 6.61 Å². The van der Waals surface area contributed by atoms with Gasteiger partial charge in [-0.05, 0) is 32.9 Å². The van der Waals surface area contributed by atoms with Gasteiger partial charge in [-0.15, -0.1) is 0 Å². The first-order valence-corrected chi connectivity index (χ1v) is 6.99. The van der Waals surface area contributed by atoms with Crippen molar-refractivity contribution >= 4 is 18.1 Å². The van der Waals surface area contributed by atoms with Crippen LogP contribution in [0.2, 0.25) is 0 Å². The van der Waals surface area contributed by atoms with Gasteiger partial charge in [0.2, 0.25) is 5.72 Å². The molecule has 0 aliphatic carbocycles. The summed E-state index contributed by atoms with van der Waals surface area (Å²) in [5.41, 5.74) is -1.14. The van der Waals surface area contributed by atoms with E-state index in [4.69, 9.17) is 4.74 Å². The van der Waals surface area contributed by atoms with Crippen molar-refractivity contribution in [1.29, 1.82) is 0 Å². The first kappa shape index (κ1) is 16.2. The molecule has 0 radical (unpaired) electrons. The first-order chi connectivity index (χ1) is 10.2. The maximum Gasteiger partial charge on any atom is 0.302 e. The third kappa shape index (κ3) is 2.74. The Balaban J connectivity index is 2.31. The molecule has 1 amide bonds. The number of aryl methyl sites for hydroxylation is 1. The van der Waals surface area contributed by atoms with Gasteiger partial charge in [-0.25, -0.2) is 0 Å². The summed E-state index contributed by atoms with van der Waals surface area (Å²) in [4.78, 5) is 23.7. The smallest absolute Gasteiger partial charge is 0.302 e. The highest BCUT2D eigenvalue weighted by Crippen LogP contribution is 2.38. The molecule has 0 fully saturated rings. The lowest BCUT2D eigenvalue weighted by atomic mass is 9.83. The number of esters is 1. The summed E-state index contributed by atoms with van der Waals surface area (Å²) in [7, 11) is 0. The zero-order chi connectivity index (χ0) is 16.5. The number of hydrogen-bond donors (Lipinski definition) is 1. The second-order valence-corrected chi connectivity index (χ2v) is 6.05. The van der Waals surface area contributed by atoms with Gasteiger partial charge >= 0.3 is 5.97 Å². The minimum Gasteiger partial charge on any atom is -0.461 e. The Hall–Kier alpha value is -2.21. The van der Waals surface area contributed by atoms with Crippen LogP contribution in [0.4, 0.5) is 0 Å². The summed E-state index contributed by atoms with van der Waals surface area (Å²) < 4.78 is 4.94. The van der Waals surface area contributed by atoms with E-state index in [1.54, 1.807) is 26.0 Å². The van der Waals surface area contributed by atoms with E-state index >= 15 is 0 Å². The lowest BCUT2D eigenvalue weighted by Crippen LogP contribution is -2.58. The fourth-order valence-corrected chi connectivity index (χ4v) is 2.16. The number of ether oxygens (including phenoxy) is 1. The van der Waals surface area contributed by atoms with Crippen LogP contribution in [0.15, 0.2) is 29.4 Å². The highest BCUT2D eigenvalue weighted by molar-refractivity contribution is 5.96. The van der Waals surface area contributed by atoms with E-state index in [0.29, 0.717) is 5.56 Å². The fourth-order valence-electron chi connectivity index (χ4n) is 2.16. The molecule has 1 heterocycles. The van der Waals surface area contributed by atoms with Gasteiger partial charge in [0, 0.05) is 18.7 Å². The fraction of sp³-hybridized carbons (Fsp3) is 0.438. The van der Waals surface area contributed by atoms with Crippen molar-refractivity contribution in [2.75, 3.05) is 6.61 Å². The summed E-state index contributed by atoms with van der Waals surface area (Å²) in [6, 6.07) is 6.96. The van der Waals surface area contributed by atoms with Gasteiger partial charge in [-0.2, -0.15) is 10.1 Å². The summed E-state index contributed by atoms with van der Waals surface area (Å²) in [5, 5.41) is 15.9. The van der Waals surface area contributed by atoms with Gasteiger partial charge in [0.05, 0.1) is 5.41 Å². The van der Waals surface area contributed by atoms with Crippen LogP contribution in [0.25, 0.3) is 0 Å². The highest BCUT2D eigenvalue weighted by atomic mass is 16.5. The average molecular weight is 304 g/mol. The predicted octanol–water partition coefficient (Wildman–Crippen LogP) is 1.71. The maximum atomic E-state index is 12.6. The molecule has 6 heteroatoms. The lowest BCUT2D eigenvalue weighted by Gasteiger charge is -2.39. The van der Waals surface area contributed by atoms with Gasteiger partial charge in [-0.1, -0.05) is 17.7 Å². The zero-order valence-electron chi connectivity index (χ0n) is 13.2. The van der Waals surface area contributed by atoms with Crippen LogP contribution in [-0.2, 0) is 9.53 Å². The van der Waals surface area contributed by atoms with Crippen molar-refractivity contribution in [3.05, 3.63) is 35.4 Å². The van der Waals surface area contributed by atoms with Crippen LogP contribution in [0, 0.1) is 12.3 Å². The van der Waals surface area contributed by atoms with E-state index < -0.39 is 23.0 Å². The number of carbonyl (C=O) groups excluding carboxylic acids is 2. The molecule has 0 aromatic heterocycles. The van der Waals surface area contributed by atoms with Gasteiger partial charge in [0.15, 0.2) is 0 Å². The monoisotopic (exact) mass is 304 g/mol. The van der Waals surface area contributed by atoms with E-state index in [1.165, 1.54) is 13.1 Å². The minimum atomic E-state index is -1.72. The predicted molar refractivity (Wildman–Crippen MR) is 81.2 cm³/mol. The Labute approximate surface area is 129 Å². The number of rotatable bonds is 3. The van der Waals surface area contributed by atoms with Crippen molar-refractivity contribution < 1.29 is 19.4 Å². The largest absolute Gasteiger partial charge is 0.461 e. The van der Waals surface area contributed by atoms with Crippen molar-refractivity contribution in [3.63, 3.8) is 0 Å². The van der Waals surface area contributed by atoms with Crippen molar-refractivity contribution in [3.8, 4) is 0 Å². The van der Waals surface area contributed by atoms with Gasteiger partial charge in [0.25, 0.3) is 5.91 Å². The quantitative estimate of drug-likeness (QED) is 0.862. The summed E-state index contributed by atoms with van der Waals surface area (Å²) >= 11 is 0. The summed E-state index contributed by atoms with van der Waals surface area (Å²) in [5.74, 6) is -0.977. The molecular weight excluding hydrogens is 284 g/mol. The Morgan fingerprint density at radius 2 is 1.86 bits per heavy atom. The van der Waals surface area contributed by atoms with Crippen LogP contribution >= 0.6 is 0 Å². The maximum absolute atomic E-state index is 12.6. The number of hydrogen-bond acceptors (Lipinski definition) is 5. The Bertz CT molecular complexity index is 622. The van der Waals surface area contributed by atoms with E-state index in [9.17, 15) is 14.7 Å². The van der Waals surface area contributed by atoms with E-state index in [1.807, 2.05) is 19.1 Å². The second kappa shape index (κ2) is 5.53. The van der Waals surface area contributed by atoms with Crippen LogP contribution in [0.5, 0.6) is 0 Å². The van der Waals surface area contributed by atoms with Crippen molar-refractivity contribution in [1.82, 2.24) is 5.01 Å². The van der Waals surface area contributed by atoms with Crippen molar-refractivity contribution in [2.45, 2.75) is 33.4 Å². The van der Waals surface area contributed by atoms with Gasteiger partial charge in [-0.3, -0.25) is 9.59 Å². The molecular formula is C16H20N2O4. The molecule has 1 unspecified atom stereocenters. The Morgan fingerprint density at radius 3 is 2.41 bits per heavy atom. The van der Waals surface area contributed by atoms with E-state index in [2.05, 4.69) is 5.10 Å². The number of benzene rings is 1. The summed E-state index contributed by atoms with van der Waals surface area (Å²) in [6.45, 7) is 6.28. The third-order valence-corrected chi connectivity index (χ3v) is 3.85. The van der Waals surface area contributed by atoms with Crippen LogP contribution in [0.1, 0.15) is 36.7 Å². The van der Waals surface area contributed by atoms with E-state index in [0.717, 1.165) is 10.6 Å². The average Bonchev–Trinajstić information content (AvgIpc) is 2.68. The number of carbonyl (C=O) groups is 2. The normalized spacial score (nSPS) is 22.7. The highest BCUT2D eigenvalue weighted by Gasteiger charge is 2.55. The molecule has 6 nitrogen and oxygen atoms in total. The first-order valence-electron chi connectivity index (χ1n) is 6.99. The van der Waals surface area contributed by atoms with Crippen LogP contribution in [0.3, 0.4) is 0 Å². The standard InChI is InChI=1S/C16H20N2O4/c1-11-5-7-13(8-6-11)14(20)18-16(21,10-22-12(2)19)15(3,4)9-17-18/h5-9,21H,10H2,1-4H3. The molecule has 1 N–H and O–H groups in total. The van der Waals surface area contributed by atoms with Crippen molar-refractivity contribution in [2.24, 2.45) is 10.5 Å². The van der Waals surface area contributed by atoms with Gasteiger partial charge < -0.3 is 9.84 Å². The molecule has 0 saturated heterocycles. The summed E-state index contributed by atoms with van der Waals surface area (Å²) in [6.07, 6.45) is 1.49. The second-order valence-electron chi connectivity index (χ2n) is 6.05. The third-order valence-electron chi connectivity index (χ3n) is 3.85. The molecule has 22 heavy (non-hydrogen) atoms.